The molecule has 0 bridgehead atoms. The number of H-pyrrole nitrogens is 1. The third-order valence-corrected chi connectivity index (χ3v) is 12.9. The molecule has 11 amide bonds. The number of aromatic nitrogens is 1. The molecule has 1 aliphatic rings. The number of phenols is 1. The smallest absolute Gasteiger partial charge is 0.408 e. The average molecular weight is 1160 g/mol. The second kappa shape index (κ2) is 31.8. The lowest BCUT2D eigenvalue weighted by molar-refractivity contribution is -0.142. The Morgan fingerprint density at radius 2 is 1.33 bits per heavy atom. The third-order valence-electron chi connectivity index (χ3n) is 12.9. The summed E-state index contributed by atoms with van der Waals surface area (Å²) in [6, 6.07) is 2.94. The van der Waals surface area contributed by atoms with Gasteiger partial charge in [-0.3, -0.25) is 52.9 Å². The quantitative estimate of drug-likeness (QED) is 0.0174. The van der Waals surface area contributed by atoms with Crippen molar-refractivity contribution in [3.63, 3.8) is 0 Å². The van der Waals surface area contributed by atoms with E-state index in [2.05, 4.69) is 52.5 Å². The third kappa shape index (κ3) is 22.4. The molecule has 1 aromatic heterocycles. The number of aliphatic hydroxyl groups is 1. The molecular weight excluding hydrogens is 1080 g/mol. The molecule has 1 saturated heterocycles. The molecule has 29 nitrogen and oxygen atoms in total. The lowest BCUT2D eigenvalue weighted by atomic mass is 10.0. The number of ether oxygens (including phenoxy) is 1. The number of nitrogens with one attached hydrogen (secondary N) is 9. The largest absolute Gasteiger partial charge is 0.508 e. The van der Waals surface area contributed by atoms with E-state index < -0.39 is 133 Å². The lowest BCUT2D eigenvalue weighted by Gasteiger charge is -2.30. The van der Waals surface area contributed by atoms with Crippen LogP contribution < -0.4 is 65.5 Å². The maximum Gasteiger partial charge on any atom is 0.408 e. The first-order chi connectivity index (χ1) is 39.1. The van der Waals surface area contributed by atoms with Gasteiger partial charge in [-0.15, -0.1) is 0 Å². The maximum atomic E-state index is 14.3. The minimum absolute atomic E-state index is 0.0121. The van der Waals surface area contributed by atoms with Gasteiger partial charge in [-0.1, -0.05) is 44.2 Å². The monoisotopic (exact) mass is 1160 g/mol. The van der Waals surface area contributed by atoms with Gasteiger partial charge >= 0.3 is 6.09 Å². The molecule has 2 aromatic carbocycles. The number of aliphatic hydroxyl groups excluding tert-OH is 1. The topological polar surface area (TPSA) is 469 Å². The number of alkyl carbamates (subject to hydrolysis) is 1. The number of para-hydroxylation sites is 1. The second-order valence-electron chi connectivity index (χ2n) is 21.4. The van der Waals surface area contributed by atoms with Crippen LogP contribution in [0.4, 0.5) is 4.79 Å². The molecule has 0 saturated carbocycles. The fraction of sp³-hybridized carbons (Fsp3) is 0.519. The summed E-state index contributed by atoms with van der Waals surface area (Å²) in [5.41, 5.74) is 22.2. The van der Waals surface area contributed by atoms with E-state index in [4.69, 9.17) is 27.7 Å². The van der Waals surface area contributed by atoms with E-state index in [1.54, 1.807) is 65.1 Å². The molecule has 0 spiro atoms. The van der Waals surface area contributed by atoms with E-state index in [0.29, 0.717) is 28.5 Å². The molecule has 7 atom stereocenters. The number of amides is 11. The van der Waals surface area contributed by atoms with Gasteiger partial charge < -0.3 is 90.3 Å². The summed E-state index contributed by atoms with van der Waals surface area (Å²) in [6.45, 7) is 6.36. The van der Waals surface area contributed by atoms with Crippen molar-refractivity contribution in [2.45, 2.75) is 140 Å². The van der Waals surface area contributed by atoms with Gasteiger partial charge in [0.15, 0.2) is 5.96 Å². The van der Waals surface area contributed by atoms with Crippen LogP contribution in [0.3, 0.4) is 0 Å². The van der Waals surface area contributed by atoms with E-state index in [1.165, 1.54) is 29.2 Å². The van der Waals surface area contributed by atoms with Crippen LogP contribution in [0, 0.1) is 5.92 Å². The normalized spacial score (nSPS) is 15.2. The highest BCUT2D eigenvalue weighted by Crippen LogP contribution is 2.22. The number of nitrogens with two attached hydrogens (primary N) is 4. The number of hydrogen-bond acceptors (Lipinski definition) is 15. The molecule has 1 aliphatic heterocycles. The number of guanidine groups is 1. The number of carbonyl (C=O) groups excluding carboxylic acids is 11. The number of aliphatic imine (C=N–C) groups is 1. The fourth-order valence-electron chi connectivity index (χ4n) is 8.89. The minimum Gasteiger partial charge on any atom is -0.508 e. The molecule has 0 unspecified atom stereocenters. The van der Waals surface area contributed by atoms with Crippen molar-refractivity contribution in [2.75, 3.05) is 32.8 Å². The SMILES string of the molecule is CC(C)C[C@H](NC(=O)CNC(=O)[C@H](Cc1ccc(O)cc1)NC(=O)[C@H](CO)NC(=O)[C@H](Cc1c[nH]c2ccccc12)NC(=O)[C@H](CCC(N)=O)NC(=O)OC(C)(C)C)C(=O)N[C@@H](CCCN=C(N)N)C(=O)N1CCC[C@H]1C(=O)NCC(N)=O. The number of likely N-dealkylation sites (tertiary alicyclic amines) is 1. The number of nitrogens with zero attached hydrogens (tertiary/aromatic N) is 2. The number of carbonyl (C=O) groups is 11. The zero-order valence-corrected chi connectivity index (χ0v) is 47.2. The molecule has 0 aliphatic carbocycles. The van der Waals surface area contributed by atoms with Gasteiger partial charge in [-0.25, -0.2) is 4.79 Å². The van der Waals surface area contributed by atoms with Gasteiger partial charge in [-0.05, 0) is 94.5 Å². The summed E-state index contributed by atoms with van der Waals surface area (Å²) in [4.78, 5) is 156. The first-order valence-electron chi connectivity index (χ1n) is 27.1. The standard InChI is InChI=1S/C54H79N15O14/c1-29(2)22-37(47(77)64-36(12-8-20-59-52(57)58)51(81)69-21-9-13-41(69)50(80)61-26-43(56)73)63-44(74)27-62-45(75)38(23-30-14-16-32(71)17-15-30)65-49(79)40(28-70)67-48(78)39(24-31-25-60-34-11-7-6-10-33(31)34)66-46(76)35(18-19-42(55)72)68-53(82)83-54(3,4)5/h6-7,10-11,14-17,25,29,35-41,60,70-71H,8-9,12-13,18-24,26-28H2,1-5H3,(H2,55,72)(H2,56,73)(H,61,80)(H,62,75)(H,63,74)(H,64,77)(H,65,79)(H,66,76)(H,67,78)(H,68,82)(H4,57,58,59)/t35-,36-,37-,38-,39-,40-,41-/m0/s1. The Bertz CT molecular complexity index is 2810. The lowest BCUT2D eigenvalue weighted by Crippen LogP contribution is -2.60. The summed E-state index contributed by atoms with van der Waals surface area (Å²) >= 11 is 0. The van der Waals surface area contributed by atoms with Crippen LogP contribution in [0.1, 0.15) is 90.7 Å². The van der Waals surface area contributed by atoms with Crippen molar-refractivity contribution in [1.82, 2.24) is 52.4 Å². The van der Waals surface area contributed by atoms with Gasteiger partial charge in [0.1, 0.15) is 53.6 Å². The highest BCUT2D eigenvalue weighted by molar-refractivity contribution is 5.98. The molecule has 83 heavy (non-hydrogen) atoms. The van der Waals surface area contributed by atoms with Crippen LogP contribution >= 0.6 is 0 Å². The van der Waals surface area contributed by atoms with Gasteiger partial charge in [-0.2, -0.15) is 0 Å². The van der Waals surface area contributed by atoms with Crippen molar-refractivity contribution >= 4 is 82.0 Å². The predicted molar refractivity (Wildman–Crippen MR) is 301 cm³/mol. The fourth-order valence-corrected chi connectivity index (χ4v) is 8.89. The summed E-state index contributed by atoms with van der Waals surface area (Å²) in [7, 11) is 0. The van der Waals surface area contributed by atoms with E-state index in [-0.39, 0.29) is 82.1 Å². The van der Waals surface area contributed by atoms with Crippen molar-refractivity contribution in [2.24, 2.45) is 33.8 Å². The summed E-state index contributed by atoms with van der Waals surface area (Å²) in [5, 5.41) is 41.3. The van der Waals surface area contributed by atoms with Crippen LogP contribution in [0.15, 0.2) is 59.7 Å². The zero-order chi connectivity index (χ0) is 61.6. The van der Waals surface area contributed by atoms with E-state index >= 15 is 0 Å². The predicted octanol–water partition coefficient (Wildman–Crippen LogP) is -2.96. The summed E-state index contributed by atoms with van der Waals surface area (Å²) in [6.07, 6.45) is 0.503. The van der Waals surface area contributed by atoms with Crippen molar-refractivity contribution in [3.05, 3.63) is 65.9 Å². The molecule has 3 aromatic rings. The van der Waals surface area contributed by atoms with E-state index in [0.717, 1.165) is 0 Å². The number of aromatic amines is 1. The summed E-state index contributed by atoms with van der Waals surface area (Å²) < 4.78 is 5.31. The van der Waals surface area contributed by atoms with Crippen LogP contribution in [0.2, 0.25) is 0 Å². The molecule has 19 N–H and O–H groups in total. The number of fused-ring (bicyclic) bond motifs is 1. The average Bonchev–Trinajstić information content (AvgIpc) is 4.14. The Morgan fingerprint density at radius 3 is 1.95 bits per heavy atom. The Hall–Kier alpha value is -9.02. The molecule has 0 radical (unpaired) electrons. The molecule has 454 valence electrons. The number of hydrogen-bond donors (Lipinski definition) is 15. The highest BCUT2D eigenvalue weighted by atomic mass is 16.6. The van der Waals surface area contributed by atoms with E-state index in [1.807, 2.05) is 0 Å². The second-order valence-corrected chi connectivity index (χ2v) is 21.4. The van der Waals surface area contributed by atoms with E-state index in [9.17, 15) is 63.0 Å². The van der Waals surface area contributed by atoms with Crippen molar-refractivity contribution < 1.29 is 67.7 Å². The zero-order valence-electron chi connectivity index (χ0n) is 47.2. The molecule has 29 heteroatoms. The Labute approximate surface area is 479 Å². The van der Waals surface area contributed by atoms with Gasteiger partial charge in [0.25, 0.3) is 0 Å². The van der Waals surface area contributed by atoms with Crippen LogP contribution in [-0.4, -0.2) is 172 Å². The highest BCUT2D eigenvalue weighted by Gasteiger charge is 2.39. The minimum atomic E-state index is -1.78. The number of benzene rings is 2. The van der Waals surface area contributed by atoms with Gasteiger partial charge in [0.05, 0.1) is 19.7 Å². The summed E-state index contributed by atoms with van der Waals surface area (Å²) in [5.74, 6) is -8.89. The molecular formula is C54H79N15O14. The van der Waals surface area contributed by atoms with Crippen LogP contribution in [0.25, 0.3) is 10.9 Å². The maximum absolute atomic E-state index is 14.3. The number of primary amides is 2. The molecule has 4 rings (SSSR count). The Balaban J connectivity index is 1.54. The Morgan fingerprint density at radius 1 is 0.711 bits per heavy atom. The van der Waals surface area contributed by atoms with Crippen LogP contribution in [-0.2, 0) is 65.5 Å². The van der Waals surface area contributed by atoms with Crippen molar-refractivity contribution in [3.8, 4) is 5.75 Å². The van der Waals surface area contributed by atoms with Gasteiger partial charge in [0.2, 0.25) is 59.1 Å². The first-order valence-corrected chi connectivity index (χ1v) is 27.1. The number of phenolic OH excluding ortho intramolecular Hbond substituents is 1. The number of aromatic hydroxyl groups is 1. The van der Waals surface area contributed by atoms with Gasteiger partial charge in [0, 0.05) is 49.5 Å². The van der Waals surface area contributed by atoms with Crippen molar-refractivity contribution in [1.29, 1.82) is 0 Å². The first kappa shape index (κ1) is 66.5. The Kier molecular flexibility index (Phi) is 25.5. The van der Waals surface area contributed by atoms with Crippen LogP contribution in [0.5, 0.6) is 5.75 Å². The molecule has 2 heterocycles. The molecule has 1 fully saturated rings. The number of rotatable bonds is 31.